The average molecular weight is 300 g/mol. The van der Waals surface area contributed by atoms with Crippen LogP contribution in [0.1, 0.15) is 11.3 Å². The Hall–Kier alpha value is -2.74. The zero-order chi connectivity index (χ0) is 15.9. The van der Waals surface area contributed by atoms with Crippen molar-refractivity contribution in [3.63, 3.8) is 0 Å². The lowest BCUT2D eigenvalue weighted by Gasteiger charge is -2.07. The first-order valence-electron chi connectivity index (χ1n) is 6.58. The zero-order valence-corrected chi connectivity index (χ0v) is 11.6. The van der Waals surface area contributed by atoms with Gasteiger partial charge in [-0.25, -0.2) is 0 Å². The number of nitriles is 1. The molecule has 110 valence electrons. The number of alkyl halides is 3. The second kappa shape index (κ2) is 4.92. The van der Waals surface area contributed by atoms with E-state index in [0.29, 0.717) is 22.2 Å². The Labute approximate surface area is 125 Å². The van der Waals surface area contributed by atoms with Gasteiger partial charge in [-0.05, 0) is 23.8 Å². The number of benzene rings is 2. The van der Waals surface area contributed by atoms with Crippen molar-refractivity contribution in [1.82, 2.24) is 4.57 Å². The van der Waals surface area contributed by atoms with Gasteiger partial charge in [-0.3, -0.25) is 0 Å². The van der Waals surface area contributed by atoms with Gasteiger partial charge in [0.05, 0.1) is 5.56 Å². The predicted molar refractivity (Wildman–Crippen MR) is 78.1 cm³/mol. The first-order valence-corrected chi connectivity index (χ1v) is 6.58. The molecule has 0 radical (unpaired) electrons. The molecule has 3 aromatic rings. The molecule has 0 saturated carbocycles. The highest BCUT2D eigenvalue weighted by Gasteiger charge is 2.31. The molecule has 1 aromatic heterocycles. The second-order valence-electron chi connectivity index (χ2n) is 4.99. The molecule has 1 heterocycles. The first kappa shape index (κ1) is 14.2. The van der Waals surface area contributed by atoms with E-state index in [4.69, 9.17) is 0 Å². The van der Waals surface area contributed by atoms with E-state index in [9.17, 15) is 18.4 Å². The van der Waals surface area contributed by atoms with Crippen molar-refractivity contribution in [2.24, 2.45) is 7.05 Å². The van der Waals surface area contributed by atoms with Gasteiger partial charge < -0.3 is 4.57 Å². The van der Waals surface area contributed by atoms with E-state index in [-0.39, 0.29) is 0 Å². The molecular weight excluding hydrogens is 289 g/mol. The third kappa shape index (κ3) is 2.13. The van der Waals surface area contributed by atoms with Gasteiger partial charge >= 0.3 is 6.18 Å². The lowest BCUT2D eigenvalue weighted by atomic mass is 10.0. The largest absolute Gasteiger partial charge is 0.416 e. The van der Waals surface area contributed by atoms with Gasteiger partial charge in [-0.1, -0.05) is 30.3 Å². The van der Waals surface area contributed by atoms with Gasteiger partial charge in [0.1, 0.15) is 11.8 Å². The van der Waals surface area contributed by atoms with Crippen molar-refractivity contribution in [2.75, 3.05) is 0 Å². The van der Waals surface area contributed by atoms with Gasteiger partial charge in [0.25, 0.3) is 0 Å². The van der Waals surface area contributed by atoms with Crippen LogP contribution in [0.5, 0.6) is 0 Å². The van der Waals surface area contributed by atoms with Gasteiger partial charge in [-0.2, -0.15) is 18.4 Å². The fourth-order valence-electron chi connectivity index (χ4n) is 2.65. The summed E-state index contributed by atoms with van der Waals surface area (Å²) in [6, 6.07) is 14.6. The summed E-state index contributed by atoms with van der Waals surface area (Å²) < 4.78 is 40.5. The van der Waals surface area contributed by atoms with Crippen LogP contribution in [-0.2, 0) is 13.2 Å². The van der Waals surface area contributed by atoms with Crippen LogP contribution < -0.4 is 0 Å². The Morgan fingerprint density at radius 2 is 1.73 bits per heavy atom. The Balaban J connectivity index is 2.41. The molecular formula is C17H11F3N2. The summed E-state index contributed by atoms with van der Waals surface area (Å²) in [6.07, 6.45) is -4.41. The van der Waals surface area contributed by atoms with Crippen LogP contribution in [0.4, 0.5) is 13.2 Å². The highest BCUT2D eigenvalue weighted by molar-refractivity contribution is 5.99. The SMILES string of the molecule is Cn1c(C#N)c(-c2ccccc2)c2cc(C(F)(F)F)ccc21. The molecule has 3 rings (SSSR count). The lowest BCUT2D eigenvalue weighted by molar-refractivity contribution is -0.137. The second-order valence-corrected chi connectivity index (χ2v) is 4.99. The number of rotatable bonds is 1. The van der Waals surface area contributed by atoms with E-state index in [1.165, 1.54) is 6.07 Å². The first-order chi connectivity index (χ1) is 10.4. The quantitative estimate of drug-likeness (QED) is 0.638. The number of halogens is 3. The monoisotopic (exact) mass is 300 g/mol. The van der Waals surface area contributed by atoms with Crippen molar-refractivity contribution < 1.29 is 13.2 Å². The smallest absolute Gasteiger partial charge is 0.335 e. The molecule has 2 nitrogen and oxygen atoms in total. The number of hydrogen-bond acceptors (Lipinski definition) is 1. The lowest BCUT2D eigenvalue weighted by Crippen LogP contribution is -2.04. The summed E-state index contributed by atoms with van der Waals surface area (Å²) >= 11 is 0. The van der Waals surface area contributed by atoms with E-state index >= 15 is 0 Å². The summed E-state index contributed by atoms with van der Waals surface area (Å²) in [6.45, 7) is 0. The molecule has 0 atom stereocenters. The van der Waals surface area contributed by atoms with Gasteiger partial charge in [0.2, 0.25) is 0 Å². The fourth-order valence-corrected chi connectivity index (χ4v) is 2.65. The fraction of sp³-hybridized carbons (Fsp3) is 0.118. The van der Waals surface area contributed by atoms with E-state index in [2.05, 4.69) is 6.07 Å². The van der Waals surface area contributed by atoms with E-state index in [1.807, 2.05) is 6.07 Å². The topological polar surface area (TPSA) is 28.7 Å². The Bertz CT molecular complexity index is 884. The van der Waals surface area contributed by atoms with Crippen LogP contribution in [0.25, 0.3) is 22.0 Å². The van der Waals surface area contributed by atoms with Crippen LogP contribution in [0.15, 0.2) is 48.5 Å². The normalized spacial score (nSPS) is 11.6. The van der Waals surface area contributed by atoms with Crippen LogP contribution in [0, 0.1) is 11.3 Å². The minimum atomic E-state index is -4.41. The van der Waals surface area contributed by atoms with Crippen molar-refractivity contribution in [3.05, 3.63) is 59.8 Å². The van der Waals surface area contributed by atoms with Crippen molar-refractivity contribution in [1.29, 1.82) is 5.26 Å². The number of aromatic nitrogens is 1. The minimum absolute atomic E-state index is 0.348. The molecule has 0 bridgehead atoms. The summed E-state index contributed by atoms with van der Waals surface area (Å²) in [5, 5.41) is 9.83. The number of nitrogens with zero attached hydrogens (tertiary/aromatic N) is 2. The maximum Gasteiger partial charge on any atom is 0.416 e. The summed E-state index contributed by atoms with van der Waals surface area (Å²) in [5.41, 5.74) is 1.49. The molecule has 0 saturated heterocycles. The van der Waals surface area contributed by atoms with Crippen LogP contribution >= 0.6 is 0 Å². The standard InChI is InChI=1S/C17H11F3N2/c1-22-14-8-7-12(17(18,19)20)9-13(14)16(15(22)10-21)11-5-3-2-4-6-11/h2-9H,1H3. The van der Waals surface area contributed by atoms with Crippen LogP contribution in [-0.4, -0.2) is 4.57 Å². The number of hydrogen-bond donors (Lipinski definition) is 0. The number of fused-ring (bicyclic) bond motifs is 1. The zero-order valence-electron chi connectivity index (χ0n) is 11.6. The Morgan fingerprint density at radius 3 is 2.32 bits per heavy atom. The van der Waals surface area contributed by atoms with Crippen molar-refractivity contribution in [2.45, 2.75) is 6.18 Å². The third-order valence-corrected chi connectivity index (χ3v) is 3.70. The molecule has 2 aromatic carbocycles. The van der Waals surface area contributed by atoms with E-state index < -0.39 is 11.7 Å². The van der Waals surface area contributed by atoms with Crippen LogP contribution in [0.2, 0.25) is 0 Å². The summed E-state index contributed by atoms with van der Waals surface area (Å²) in [5.74, 6) is 0. The molecule has 0 N–H and O–H groups in total. The molecule has 5 heteroatoms. The van der Waals surface area contributed by atoms with Crippen molar-refractivity contribution >= 4 is 10.9 Å². The highest BCUT2D eigenvalue weighted by atomic mass is 19.4. The summed E-state index contributed by atoms with van der Waals surface area (Å²) in [4.78, 5) is 0. The molecule has 0 aliphatic rings. The van der Waals surface area contributed by atoms with Gasteiger partial charge in [0.15, 0.2) is 0 Å². The van der Waals surface area contributed by atoms with E-state index in [1.54, 1.807) is 35.9 Å². The predicted octanol–water partition coefficient (Wildman–Crippen LogP) is 4.74. The molecule has 0 aliphatic heterocycles. The molecule has 0 aliphatic carbocycles. The third-order valence-electron chi connectivity index (χ3n) is 3.70. The van der Waals surface area contributed by atoms with Crippen LogP contribution in [0.3, 0.4) is 0 Å². The average Bonchev–Trinajstić information content (AvgIpc) is 2.79. The maximum atomic E-state index is 13.0. The highest BCUT2D eigenvalue weighted by Crippen LogP contribution is 2.38. The minimum Gasteiger partial charge on any atom is -0.335 e. The van der Waals surface area contributed by atoms with Crippen molar-refractivity contribution in [3.8, 4) is 17.2 Å². The molecule has 0 fully saturated rings. The van der Waals surface area contributed by atoms with Gasteiger partial charge in [0, 0.05) is 23.5 Å². The maximum absolute atomic E-state index is 13.0. The molecule has 0 amide bonds. The number of aryl methyl sites for hydroxylation is 1. The Kier molecular flexibility index (Phi) is 3.18. The van der Waals surface area contributed by atoms with Gasteiger partial charge in [-0.15, -0.1) is 0 Å². The van der Waals surface area contributed by atoms with E-state index in [0.717, 1.165) is 17.7 Å². The molecule has 22 heavy (non-hydrogen) atoms. The molecule has 0 unspecified atom stereocenters. The summed E-state index contributed by atoms with van der Waals surface area (Å²) in [7, 11) is 1.68. The molecule has 0 spiro atoms. The Morgan fingerprint density at radius 1 is 1.05 bits per heavy atom.